The molecule has 0 fully saturated rings. The lowest BCUT2D eigenvalue weighted by molar-refractivity contribution is 0.296. The lowest BCUT2D eigenvalue weighted by Gasteiger charge is -2.25. The molecule has 2 heteroatoms. The summed E-state index contributed by atoms with van der Waals surface area (Å²) in [6.07, 6.45) is 1.90. The Balaban J connectivity index is 1.51. The first-order valence-corrected chi connectivity index (χ1v) is 14.2. The van der Waals surface area contributed by atoms with Gasteiger partial charge in [0.05, 0.1) is 0 Å². The molecule has 2 nitrogen and oxygen atoms in total. The van der Waals surface area contributed by atoms with Gasteiger partial charge < -0.3 is 9.47 Å². The molecule has 5 aromatic carbocycles. The Labute approximate surface area is 239 Å². The molecule has 202 valence electrons. The van der Waals surface area contributed by atoms with Crippen molar-refractivity contribution in [3.8, 4) is 11.5 Å². The van der Waals surface area contributed by atoms with Crippen LogP contribution in [0.4, 0.5) is 0 Å². The second-order valence-corrected chi connectivity index (χ2v) is 10.7. The van der Waals surface area contributed by atoms with Gasteiger partial charge in [0.15, 0.2) is 0 Å². The Morgan fingerprint density at radius 3 is 1.40 bits per heavy atom. The molecule has 40 heavy (non-hydrogen) atoms. The topological polar surface area (TPSA) is 18.5 Å². The maximum Gasteiger partial charge on any atom is 0.123 e. The van der Waals surface area contributed by atoms with Crippen LogP contribution < -0.4 is 9.47 Å². The van der Waals surface area contributed by atoms with Gasteiger partial charge in [0.25, 0.3) is 0 Å². The number of ether oxygens (including phenoxy) is 2. The van der Waals surface area contributed by atoms with Crippen LogP contribution in [0.1, 0.15) is 56.8 Å². The summed E-state index contributed by atoms with van der Waals surface area (Å²) < 4.78 is 13.1. The molecule has 0 unspecified atom stereocenters. The number of rotatable bonds is 11. The summed E-state index contributed by atoms with van der Waals surface area (Å²) >= 11 is 0. The summed E-state index contributed by atoms with van der Waals surface area (Å²) in [5.41, 5.74) is 9.71. The van der Waals surface area contributed by atoms with Crippen LogP contribution in [-0.4, -0.2) is 0 Å². The van der Waals surface area contributed by atoms with Gasteiger partial charge in [-0.15, -0.1) is 0 Å². The molecule has 0 saturated carbocycles. The second-order valence-electron chi connectivity index (χ2n) is 10.7. The van der Waals surface area contributed by atoms with Crippen LogP contribution in [0.5, 0.6) is 11.5 Å². The van der Waals surface area contributed by atoms with Crippen LogP contribution in [0, 0.1) is 20.8 Å². The van der Waals surface area contributed by atoms with Crippen molar-refractivity contribution in [2.24, 2.45) is 0 Å². The van der Waals surface area contributed by atoms with E-state index < -0.39 is 0 Å². The summed E-state index contributed by atoms with van der Waals surface area (Å²) in [5.74, 6) is 1.98. The molecule has 0 radical (unpaired) electrons. The predicted octanol–water partition coefficient (Wildman–Crippen LogP) is 9.53. The Kier molecular flexibility index (Phi) is 8.98. The van der Waals surface area contributed by atoms with Crippen molar-refractivity contribution in [3.63, 3.8) is 0 Å². The Bertz CT molecular complexity index is 1410. The molecular formula is C38H38O2. The summed E-state index contributed by atoms with van der Waals surface area (Å²) in [4.78, 5) is 0. The molecule has 0 atom stereocenters. The Morgan fingerprint density at radius 1 is 0.475 bits per heavy atom. The molecule has 0 saturated heterocycles. The SMILES string of the molecule is Cc1ccc(CCC(c2ccc(C)cc2OCc2ccccc2)c2ccc(C)cc2OCc2ccccc2)cc1. The highest BCUT2D eigenvalue weighted by Crippen LogP contribution is 2.41. The Morgan fingerprint density at radius 2 is 0.925 bits per heavy atom. The van der Waals surface area contributed by atoms with Gasteiger partial charge in [-0.05, 0) is 73.6 Å². The van der Waals surface area contributed by atoms with Crippen LogP contribution in [0.15, 0.2) is 121 Å². The van der Waals surface area contributed by atoms with Crippen molar-refractivity contribution in [1.82, 2.24) is 0 Å². The van der Waals surface area contributed by atoms with Crippen molar-refractivity contribution in [3.05, 3.63) is 166 Å². The van der Waals surface area contributed by atoms with Gasteiger partial charge in [-0.3, -0.25) is 0 Å². The molecule has 5 aromatic rings. The first-order valence-electron chi connectivity index (χ1n) is 14.2. The van der Waals surface area contributed by atoms with E-state index in [0.29, 0.717) is 13.2 Å². The normalized spacial score (nSPS) is 11.0. The fourth-order valence-corrected chi connectivity index (χ4v) is 5.12. The summed E-state index contributed by atoms with van der Waals surface area (Å²) in [7, 11) is 0. The zero-order valence-electron chi connectivity index (χ0n) is 23.8. The van der Waals surface area contributed by atoms with Crippen molar-refractivity contribution >= 4 is 0 Å². The van der Waals surface area contributed by atoms with Crippen molar-refractivity contribution in [1.29, 1.82) is 0 Å². The van der Waals surface area contributed by atoms with Crippen LogP contribution in [-0.2, 0) is 19.6 Å². The molecule has 0 aromatic heterocycles. The first kappa shape index (κ1) is 27.3. The van der Waals surface area contributed by atoms with E-state index in [2.05, 4.69) is 130 Å². The monoisotopic (exact) mass is 526 g/mol. The largest absolute Gasteiger partial charge is 0.489 e. The maximum atomic E-state index is 6.53. The van der Waals surface area contributed by atoms with Gasteiger partial charge in [0.1, 0.15) is 24.7 Å². The third-order valence-corrected chi connectivity index (χ3v) is 7.41. The molecule has 0 aliphatic rings. The van der Waals surface area contributed by atoms with Gasteiger partial charge in [-0.2, -0.15) is 0 Å². The lowest BCUT2D eigenvalue weighted by atomic mass is 9.84. The first-order chi connectivity index (χ1) is 19.5. The van der Waals surface area contributed by atoms with E-state index in [-0.39, 0.29) is 5.92 Å². The quantitative estimate of drug-likeness (QED) is 0.171. The average molecular weight is 527 g/mol. The minimum absolute atomic E-state index is 0.110. The third kappa shape index (κ3) is 7.21. The van der Waals surface area contributed by atoms with Gasteiger partial charge in [-0.25, -0.2) is 0 Å². The molecular weight excluding hydrogens is 488 g/mol. The minimum atomic E-state index is 0.110. The van der Waals surface area contributed by atoms with E-state index >= 15 is 0 Å². The smallest absolute Gasteiger partial charge is 0.123 e. The fourth-order valence-electron chi connectivity index (χ4n) is 5.12. The van der Waals surface area contributed by atoms with Crippen molar-refractivity contribution in [2.45, 2.75) is 52.7 Å². The molecule has 0 aliphatic heterocycles. The summed E-state index contributed by atoms with van der Waals surface area (Å²) in [6, 6.07) is 42.9. The van der Waals surface area contributed by atoms with Crippen molar-refractivity contribution < 1.29 is 9.47 Å². The summed E-state index contributed by atoms with van der Waals surface area (Å²) in [5, 5.41) is 0. The third-order valence-electron chi connectivity index (χ3n) is 7.41. The van der Waals surface area contributed by atoms with E-state index in [1.165, 1.54) is 33.4 Å². The molecule has 0 spiro atoms. The molecule has 0 bridgehead atoms. The number of hydrogen-bond donors (Lipinski definition) is 0. The van der Waals surface area contributed by atoms with Crippen LogP contribution >= 0.6 is 0 Å². The number of aryl methyl sites for hydroxylation is 4. The van der Waals surface area contributed by atoms with Crippen LogP contribution in [0.2, 0.25) is 0 Å². The molecule has 0 aliphatic carbocycles. The zero-order chi connectivity index (χ0) is 27.7. The van der Waals surface area contributed by atoms with Crippen molar-refractivity contribution in [2.75, 3.05) is 0 Å². The van der Waals surface area contributed by atoms with E-state index in [1.54, 1.807) is 0 Å². The second kappa shape index (κ2) is 13.2. The molecule has 0 amide bonds. The van der Waals surface area contributed by atoms with Crippen LogP contribution in [0.25, 0.3) is 0 Å². The van der Waals surface area contributed by atoms with E-state index in [0.717, 1.165) is 35.5 Å². The highest BCUT2D eigenvalue weighted by molar-refractivity contribution is 5.50. The average Bonchev–Trinajstić information content (AvgIpc) is 2.98. The highest BCUT2D eigenvalue weighted by atomic mass is 16.5. The number of hydrogen-bond acceptors (Lipinski definition) is 2. The minimum Gasteiger partial charge on any atom is -0.489 e. The van der Waals surface area contributed by atoms with E-state index in [1.807, 2.05) is 12.1 Å². The summed E-state index contributed by atoms with van der Waals surface area (Å²) in [6.45, 7) is 7.46. The Hall–Kier alpha value is -4.30. The van der Waals surface area contributed by atoms with Gasteiger partial charge in [0, 0.05) is 17.0 Å². The van der Waals surface area contributed by atoms with E-state index in [9.17, 15) is 0 Å². The predicted molar refractivity (Wildman–Crippen MR) is 165 cm³/mol. The zero-order valence-corrected chi connectivity index (χ0v) is 23.8. The van der Waals surface area contributed by atoms with Crippen LogP contribution in [0.3, 0.4) is 0 Å². The number of benzene rings is 5. The highest BCUT2D eigenvalue weighted by Gasteiger charge is 2.23. The fraction of sp³-hybridized carbons (Fsp3) is 0.211. The van der Waals surface area contributed by atoms with E-state index in [4.69, 9.17) is 9.47 Å². The molecule has 0 heterocycles. The maximum absolute atomic E-state index is 6.53. The van der Waals surface area contributed by atoms with Gasteiger partial charge in [-0.1, -0.05) is 115 Å². The molecule has 0 N–H and O–H groups in total. The van der Waals surface area contributed by atoms with Gasteiger partial charge in [0.2, 0.25) is 0 Å². The standard InChI is InChI=1S/C38H38O2/c1-28-14-18-31(19-15-28)20-23-34(35-21-16-29(2)24-37(35)39-26-32-10-6-4-7-11-32)36-22-17-30(3)25-38(36)40-27-33-12-8-5-9-13-33/h4-19,21-22,24-25,34H,20,23,26-27H2,1-3H3. The molecule has 5 rings (SSSR count). The van der Waals surface area contributed by atoms with Gasteiger partial charge >= 0.3 is 0 Å². The lowest BCUT2D eigenvalue weighted by Crippen LogP contribution is -2.09.